The first-order valence-corrected chi connectivity index (χ1v) is 4.80. The fourth-order valence-corrected chi connectivity index (χ4v) is 1.52. The highest BCUT2D eigenvalue weighted by Crippen LogP contribution is 2.18. The molecule has 0 radical (unpaired) electrons. The SMILES string of the molecule is CCN(CCN)c1ccccc1C. The van der Waals surface area contributed by atoms with E-state index in [0.717, 1.165) is 13.1 Å². The molecule has 72 valence electrons. The molecular weight excluding hydrogens is 160 g/mol. The molecule has 2 heteroatoms. The monoisotopic (exact) mass is 178 g/mol. The van der Waals surface area contributed by atoms with Crippen LogP contribution in [-0.4, -0.2) is 19.6 Å². The Bertz CT molecular complexity index is 258. The van der Waals surface area contributed by atoms with Crippen molar-refractivity contribution in [2.75, 3.05) is 24.5 Å². The van der Waals surface area contributed by atoms with Gasteiger partial charge in [0.2, 0.25) is 0 Å². The molecule has 1 aromatic rings. The van der Waals surface area contributed by atoms with Gasteiger partial charge in [-0.3, -0.25) is 0 Å². The summed E-state index contributed by atoms with van der Waals surface area (Å²) in [6.45, 7) is 6.95. The Labute approximate surface area is 80.4 Å². The summed E-state index contributed by atoms with van der Waals surface area (Å²) < 4.78 is 0. The van der Waals surface area contributed by atoms with Gasteiger partial charge in [-0.1, -0.05) is 18.2 Å². The third kappa shape index (κ3) is 2.46. The Balaban J connectivity index is 2.84. The molecule has 1 rings (SSSR count). The smallest absolute Gasteiger partial charge is 0.0396 e. The molecule has 0 amide bonds. The number of benzene rings is 1. The molecule has 0 aliphatic carbocycles. The Kier molecular flexibility index (Phi) is 3.77. The van der Waals surface area contributed by atoms with E-state index in [1.54, 1.807) is 0 Å². The third-order valence-corrected chi connectivity index (χ3v) is 2.24. The second-order valence-electron chi connectivity index (χ2n) is 3.15. The maximum Gasteiger partial charge on any atom is 0.0396 e. The first-order valence-electron chi connectivity index (χ1n) is 4.80. The maximum atomic E-state index is 5.55. The summed E-state index contributed by atoms with van der Waals surface area (Å²) in [6.07, 6.45) is 0. The van der Waals surface area contributed by atoms with Crippen molar-refractivity contribution in [3.05, 3.63) is 29.8 Å². The van der Waals surface area contributed by atoms with Crippen LogP contribution in [0.3, 0.4) is 0 Å². The minimum atomic E-state index is 0.710. The summed E-state index contributed by atoms with van der Waals surface area (Å²) in [7, 11) is 0. The standard InChI is InChI=1S/C11H18N2/c1-3-13(9-8-12)11-7-5-4-6-10(11)2/h4-7H,3,8-9,12H2,1-2H3. The van der Waals surface area contributed by atoms with Gasteiger partial charge in [0, 0.05) is 25.3 Å². The molecule has 0 aromatic heterocycles. The molecule has 0 aliphatic heterocycles. The van der Waals surface area contributed by atoms with Crippen LogP contribution < -0.4 is 10.6 Å². The number of likely N-dealkylation sites (N-methyl/N-ethyl adjacent to an activating group) is 1. The van der Waals surface area contributed by atoms with Crippen molar-refractivity contribution in [1.29, 1.82) is 0 Å². The largest absolute Gasteiger partial charge is 0.370 e. The van der Waals surface area contributed by atoms with Crippen LogP contribution in [0.15, 0.2) is 24.3 Å². The second-order valence-corrected chi connectivity index (χ2v) is 3.15. The summed E-state index contributed by atoms with van der Waals surface area (Å²) in [4.78, 5) is 2.30. The highest BCUT2D eigenvalue weighted by molar-refractivity contribution is 5.52. The van der Waals surface area contributed by atoms with Crippen LogP contribution in [0.5, 0.6) is 0 Å². The molecule has 0 atom stereocenters. The third-order valence-electron chi connectivity index (χ3n) is 2.24. The topological polar surface area (TPSA) is 29.3 Å². The van der Waals surface area contributed by atoms with Gasteiger partial charge in [-0.25, -0.2) is 0 Å². The van der Waals surface area contributed by atoms with E-state index in [0.29, 0.717) is 6.54 Å². The van der Waals surface area contributed by atoms with Gasteiger partial charge in [-0.05, 0) is 25.5 Å². The first kappa shape index (κ1) is 10.1. The lowest BCUT2D eigenvalue weighted by Gasteiger charge is -2.23. The van der Waals surface area contributed by atoms with E-state index >= 15 is 0 Å². The van der Waals surface area contributed by atoms with Crippen molar-refractivity contribution in [3.8, 4) is 0 Å². The van der Waals surface area contributed by atoms with Crippen molar-refractivity contribution >= 4 is 5.69 Å². The van der Waals surface area contributed by atoms with E-state index < -0.39 is 0 Å². The van der Waals surface area contributed by atoms with Crippen LogP contribution in [0.1, 0.15) is 12.5 Å². The van der Waals surface area contributed by atoms with Gasteiger partial charge < -0.3 is 10.6 Å². The zero-order valence-electron chi connectivity index (χ0n) is 8.46. The Morgan fingerprint density at radius 3 is 2.54 bits per heavy atom. The van der Waals surface area contributed by atoms with Crippen molar-refractivity contribution in [2.45, 2.75) is 13.8 Å². The van der Waals surface area contributed by atoms with E-state index in [1.807, 2.05) is 0 Å². The van der Waals surface area contributed by atoms with Crippen LogP contribution in [0.25, 0.3) is 0 Å². The fraction of sp³-hybridized carbons (Fsp3) is 0.455. The van der Waals surface area contributed by atoms with Crippen molar-refractivity contribution < 1.29 is 0 Å². The number of anilines is 1. The molecule has 2 nitrogen and oxygen atoms in total. The van der Waals surface area contributed by atoms with Crippen LogP contribution in [-0.2, 0) is 0 Å². The maximum absolute atomic E-state index is 5.55. The van der Waals surface area contributed by atoms with E-state index in [9.17, 15) is 0 Å². The molecule has 1 aromatic carbocycles. The minimum absolute atomic E-state index is 0.710. The number of nitrogens with zero attached hydrogens (tertiary/aromatic N) is 1. The molecule has 2 N–H and O–H groups in total. The quantitative estimate of drug-likeness (QED) is 0.761. The fourth-order valence-electron chi connectivity index (χ4n) is 1.52. The van der Waals surface area contributed by atoms with Gasteiger partial charge in [0.15, 0.2) is 0 Å². The molecular formula is C11H18N2. The van der Waals surface area contributed by atoms with Crippen molar-refractivity contribution in [2.24, 2.45) is 5.73 Å². The molecule has 13 heavy (non-hydrogen) atoms. The number of aryl methyl sites for hydroxylation is 1. The van der Waals surface area contributed by atoms with Crippen LogP contribution in [0, 0.1) is 6.92 Å². The molecule has 0 bridgehead atoms. The molecule has 0 saturated heterocycles. The van der Waals surface area contributed by atoms with Crippen LogP contribution in [0.2, 0.25) is 0 Å². The summed E-state index contributed by atoms with van der Waals surface area (Å²) in [5.41, 5.74) is 8.17. The predicted molar refractivity (Wildman–Crippen MR) is 58.1 cm³/mol. The molecule has 0 fully saturated rings. The molecule has 0 saturated carbocycles. The highest BCUT2D eigenvalue weighted by Gasteiger charge is 2.04. The van der Waals surface area contributed by atoms with Gasteiger partial charge in [-0.15, -0.1) is 0 Å². The van der Waals surface area contributed by atoms with Gasteiger partial charge >= 0.3 is 0 Å². The van der Waals surface area contributed by atoms with Gasteiger partial charge in [0.05, 0.1) is 0 Å². The van der Waals surface area contributed by atoms with Crippen LogP contribution in [0.4, 0.5) is 5.69 Å². The summed E-state index contributed by atoms with van der Waals surface area (Å²) in [5, 5.41) is 0. The van der Waals surface area contributed by atoms with Crippen LogP contribution >= 0.6 is 0 Å². The highest BCUT2D eigenvalue weighted by atomic mass is 15.1. The lowest BCUT2D eigenvalue weighted by molar-refractivity contribution is 0.814. The second kappa shape index (κ2) is 4.87. The van der Waals surface area contributed by atoms with E-state index in [4.69, 9.17) is 5.73 Å². The summed E-state index contributed by atoms with van der Waals surface area (Å²) >= 11 is 0. The van der Waals surface area contributed by atoms with Gasteiger partial charge in [-0.2, -0.15) is 0 Å². The number of hydrogen-bond acceptors (Lipinski definition) is 2. The summed E-state index contributed by atoms with van der Waals surface area (Å²) in [6, 6.07) is 8.42. The molecule has 0 aliphatic rings. The lowest BCUT2D eigenvalue weighted by Crippen LogP contribution is -2.29. The Hall–Kier alpha value is -1.02. The van der Waals surface area contributed by atoms with E-state index in [-0.39, 0.29) is 0 Å². The van der Waals surface area contributed by atoms with Gasteiger partial charge in [0.25, 0.3) is 0 Å². The first-order chi connectivity index (χ1) is 6.29. The van der Waals surface area contributed by atoms with Gasteiger partial charge in [0.1, 0.15) is 0 Å². The van der Waals surface area contributed by atoms with Crippen molar-refractivity contribution in [3.63, 3.8) is 0 Å². The Morgan fingerprint density at radius 2 is 2.00 bits per heavy atom. The number of hydrogen-bond donors (Lipinski definition) is 1. The van der Waals surface area contributed by atoms with E-state index in [1.165, 1.54) is 11.3 Å². The number of nitrogens with two attached hydrogens (primary N) is 1. The summed E-state index contributed by atoms with van der Waals surface area (Å²) in [5.74, 6) is 0. The Morgan fingerprint density at radius 1 is 1.31 bits per heavy atom. The average molecular weight is 178 g/mol. The number of rotatable bonds is 4. The zero-order valence-corrected chi connectivity index (χ0v) is 8.46. The van der Waals surface area contributed by atoms with Crippen molar-refractivity contribution in [1.82, 2.24) is 0 Å². The average Bonchev–Trinajstić information content (AvgIpc) is 2.16. The molecule has 0 heterocycles. The predicted octanol–water partition coefficient (Wildman–Crippen LogP) is 1.78. The normalized spacial score (nSPS) is 10.1. The number of para-hydroxylation sites is 1. The van der Waals surface area contributed by atoms with E-state index in [2.05, 4.69) is 43.0 Å². The lowest BCUT2D eigenvalue weighted by atomic mass is 10.2. The minimum Gasteiger partial charge on any atom is -0.370 e. The molecule has 0 unspecified atom stereocenters. The molecule has 0 spiro atoms. The zero-order chi connectivity index (χ0) is 9.68.